The van der Waals surface area contributed by atoms with Crippen molar-refractivity contribution in [3.8, 4) is 0 Å². The van der Waals surface area contributed by atoms with Crippen LogP contribution in [0.1, 0.15) is 41.0 Å². The van der Waals surface area contributed by atoms with Crippen LogP contribution in [0.3, 0.4) is 0 Å². The molecule has 2 amide bonds. The summed E-state index contributed by atoms with van der Waals surface area (Å²) in [5.74, 6) is -0.791. The molecule has 0 fully saturated rings. The summed E-state index contributed by atoms with van der Waals surface area (Å²) in [6, 6.07) is -0.235. The third-order valence-corrected chi connectivity index (χ3v) is 3.55. The molecule has 0 aliphatic carbocycles. The summed E-state index contributed by atoms with van der Waals surface area (Å²) in [6.07, 6.45) is 0.441. The maximum atomic E-state index is 11.5. The minimum atomic E-state index is -0.835. The molecule has 0 spiro atoms. The van der Waals surface area contributed by atoms with Crippen LogP contribution in [0, 0.1) is 17.3 Å². The third kappa shape index (κ3) is 6.47. The predicted molar refractivity (Wildman–Crippen MR) is 71.4 cm³/mol. The number of carbonyl (C=O) groups is 2. The SMILES string of the molecule is CC(CCNC(=O)NCC(C)(C)C(C)C)C(=O)O. The van der Waals surface area contributed by atoms with Gasteiger partial charge in [0.05, 0.1) is 5.92 Å². The Kier molecular flexibility index (Phi) is 6.73. The van der Waals surface area contributed by atoms with Crippen molar-refractivity contribution in [3.63, 3.8) is 0 Å². The largest absolute Gasteiger partial charge is 0.481 e. The normalized spacial score (nSPS) is 13.2. The fourth-order valence-corrected chi connectivity index (χ4v) is 1.10. The standard InChI is InChI=1S/C13H26N2O3/c1-9(2)13(4,5)8-15-12(18)14-7-6-10(3)11(16)17/h9-10H,6-8H2,1-5H3,(H,16,17)(H2,14,15,18). The quantitative estimate of drug-likeness (QED) is 0.654. The van der Waals surface area contributed by atoms with E-state index in [0.717, 1.165) is 0 Å². The van der Waals surface area contributed by atoms with Crippen molar-refractivity contribution in [2.45, 2.75) is 41.0 Å². The highest BCUT2D eigenvalue weighted by molar-refractivity contribution is 5.74. The number of carbonyl (C=O) groups excluding carboxylic acids is 1. The summed E-state index contributed by atoms with van der Waals surface area (Å²) in [4.78, 5) is 22.1. The number of aliphatic carboxylic acids is 1. The zero-order valence-corrected chi connectivity index (χ0v) is 12.0. The van der Waals surface area contributed by atoms with Crippen molar-refractivity contribution >= 4 is 12.0 Å². The Bertz CT molecular complexity index is 288. The first kappa shape index (κ1) is 16.7. The van der Waals surface area contributed by atoms with E-state index in [1.54, 1.807) is 6.92 Å². The highest BCUT2D eigenvalue weighted by Crippen LogP contribution is 2.24. The van der Waals surface area contributed by atoms with Crippen molar-refractivity contribution in [2.24, 2.45) is 17.3 Å². The molecular weight excluding hydrogens is 232 g/mol. The third-order valence-electron chi connectivity index (χ3n) is 3.55. The molecule has 5 nitrogen and oxygen atoms in total. The van der Waals surface area contributed by atoms with Gasteiger partial charge in [0.25, 0.3) is 0 Å². The molecular formula is C13H26N2O3. The van der Waals surface area contributed by atoms with E-state index >= 15 is 0 Å². The molecule has 18 heavy (non-hydrogen) atoms. The lowest BCUT2D eigenvalue weighted by Gasteiger charge is -2.29. The second kappa shape index (κ2) is 7.24. The molecule has 1 atom stereocenters. The Morgan fingerprint density at radius 3 is 2.17 bits per heavy atom. The van der Waals surface area contributed by atoms with E-state index in [4.69, 9.17) is 5.11 Å². The smallest absolute Gasteiger partial charge is 0.314 e. The monoisotopic (exact) mass is 258 g/mol. The number of hydrogen-bond acceptors (Lipinski definition) is 2. The van der Waals surface area contributed by atoms with Crippen molar-refractivity contribution in [1.29, 1.82) is 0 Å². The number of carboxylic acid groups (broad SMARTS) is 1. The van der Waals surface area contributed by atoms with Crippen LogP contribution >= 0.6 is 0 Å². The molecule has 106 valence electrons. The summed E-state index contributed by atoms with van der Waals surface area (Å²) < 4.78 is 0. The van der Waals surface area contributed by atoms with Crippen LogP contribution in [0.2, 0.25) is 0 Å². The zero-order valence-electron chi connectivity index (χ0n) is 12.0. The molecule has 0 saturated carbocycles. The fraction of sp³-hybridized carbons (Fsp3) is 0.846. The maximum absolute atomic E-state index is 11.5. The number of rotatable bonds is 7. The second-order valence-electron chi connectivity index (χ2n) is 5.78. The highest BCUT2D eigenvalue weighted by atomic mass is 16.4. The van der Waals surface area contributed by atoms with E-state index in [-0.39, 0.29) is 11.4 Å². The Hall–Kier alpha value is -1.26. The molecule has 3 N–H and O–H groups in total. The number of amides is 2. The van der Waals surface area contributed by atoms with Crippen molar-refractivity contribution in [3.05, 3.63) is 0 Å². The van der Waals surface area contributed by atoms with Crippen molar-refractivity contribution in [1.82, 2.24) is 10.6 Å². The summed E-state index contributed by atoms with van der Waals surface area (Å²) in [7, 11) is 0. The van der Waals surface area contributed by atoms with E-state index < -0.39 is 11.9 Å². The lowest BCUT2D eigenvalue weighted by Crippen LogP contribution is -2.42. The molecule has 0 aliphatic rings. The fourth-order valence-electron chi connectivity index (χ4n) is 1.10. The van der Waals surface area contributed by atoms with Gasteiger partial charge in [0.15, 0.2) is 0 Å². The Labute approximate surface area is 109 Å². The van der Waals surface area contributed by atoms with E-state index in [1.807, 2.05) is 0 Å². The molecule has 1 unspecified atom stereocenters. The molecule has 0 radical (unpaired) electrons. The van der Waals surface area contributed by atoms with Gasteiger partial charge in [0.2, 0.25) is 0 Å². The molecule has 0 aromatic carbocycles. The minimum Gasteiger partial charge on any atom is -0.481 e. The van der Waals surface area contributed by atoms with Gasteiger partial charge >= 0.3 is 12.0 Å². The average Bonchev–Trinajstić information content (AvgIpc) is 2.26. The van der Waals surface area contributed by atoms with Gasteiger partial charge in [-0.25, -0.2) is 4.79 Å². The van der Waals surface area contributed by atoms with E-state index in [9.17, 15) is 9.59 Å². The van der Waals surface area contributed by atoms with Crippen molar-refractivity contribution in [2.75, 3.05) is 13.1 Å². The van der Waals surface area contributed by atoms with E-state index in [0.29, 0.717) is 25.4 Å². The molecule has 0 bridgehead atoms. The van der Waals surface area contributed by atoms with Gasteiger partial charge in [-0.3, -0.25) is 4.79 Å². The first-order valence-corrected chi connectivity index (χ1v) is 6.41. The summed E-state index contributed by atoms with van der Waals surface area (Å²) >= 11 is 0. The van der Waals surface area contributed by atoms with Gasteiger partial charge in [-0.2, -0.15) is 0 Å². The number of hydrogen-bond donors (Lipinski definition) is 3. The Balaban J connectivity index is 3.83. The van der Waals surface area contributed by atoms with Gasteiger partial charge in [-0.1, -0.05) is 34.6 Å². The first-order valence-electron chi connectivity index (χ1n) is 6.41. The number of urea groups is 1. The maximum Gasteiger partial charge on any atom is 0.314 e. The van der Waals surface area contributed by atoms with Crippen LogP contribution in [0.5, 0.6) is 0 Å². The summed E-state index contributed by atoms with van der Waals surface area (Å²) in [5.41, 5.74) is 0.0473. The van der Waals surface area contributed by atoms with Crippen LogP contribution in [-0.2, 0) is 4.79 Å². The molecule has 0 aromatic rings. The Morgan fingerprint density at radius 1 is 1.17 bits per heavy atom. The van der Waals surface area contributed by atoms with Gasteiger partial charge in [0, 0.05) is 13.1 Å². The van der Waals surface area contributed by atoms with Crippen LogP contribution in [0.25, 0.3) is 0 Å². The summed E-state index contributed by atoms with van der Waals surface area (Å²) in [5, 5.41) is 14.2. The van der Waals surface area contributed by atoms with E-state index in [1.165, 1.54) is 0 Å². The zero-order chi connectivity index (χ0) is 14.3. The van der Waals surface area contributed by atoms with Crippen LogP contribution in [0.15, 0.2) is 0 Å². The summed E-state index contributed by atoms with van der Waals surface area (Å²) in [6.45, 7) is 11.0. The first-order chi connectivity index (χ1) is 8.16. The Morgan fingerprint density at radius 2 is 1.72 bits per heavy atom. The molecule has 0 rings (SSSR count). The van der Waals surface area contributed by atoms with E-state index in [2.05, 4.69) is 38.3 Å². The molecule has 0 heterocycles. The van der Waals surface area contributed by atoms with Crippen LogP contribution < -0.4 is 10.6 Å². The number of nitrogens with one attached hydrogen (secondary N) is 2. The van der Waals surface area contributed by atoms with Gasteiger partial charge in [-0.05, 0) is 17.8 Å². The molecule has 0 saturated heterocycles. The lowest BCUT2D eigenvalue weighted by molar-refractivity contribution is -0.141. The van der Waals surface area contributed by atoms with Crippen LogP contribution in [0.4, 0.5) is 4.79 Å². The van der Waals surface area contributed by atoms with Crippen LogP contribution in [-0.4, -0.2) is 30.2 Å². The number of carboxylic acids is 1. The molecule has 0 aromatic heterocycles. The molecule has 5 heteroatoms. The topological polar surface area (TPSA) is 78.4 Å². The van der Waals surface area contributed by atoms with Gasteiger partial charge < -0.3 is 15.7 Å². The molecule has 0 aliphatic heterocycles. The second-order valence-corrected chi connectivity index (χ2v) is 5.78. The predicted octanol–water partition coefficient (Wildman–Crippen LogP) is 2.08. The minimum absolute atomic E-state index is 0.0473. The van der Waals surface area contributed by atoms with Crippen molar-refractivity contribution < 1.29 is 14.7 Å². The lowest BCUT2D eigenvalue weighted by atomic mass is 9.81. The van der Waals surface area contributed by atoms with Gasteiger partial charge in [-0.15, -0.1) is 0 Å². The van der Waals surface area contributed by atoms with Gasteiger partial charge in [0.1, 0.15) is 0 Å². The average molecular weight is 258 g/mol. The highest BCUT2D eigenvalue weighted by Gasteiger charge is 2.22.